The molecule has 3 rings (SSSR count). The van der Waals surface area contributed by atoms with Crippen LogP contribution in [0.15, 0.2) is 34.7 Å². The third-order valence-corrected chi connectivity index (χ3v) is 5.27. The highest BCUT2D eigenvalue weighted by Crippen LogP contribution is 2.29. The summed E-state index contributed by atoms with van der Waals surface area (Å²) in [5.41, 5.74) is 0.807. The second-order valence-electron chi connectivity index (χ2n) is 7.57. The van der Waals surface area contributed by atoms with E-state index in [1.807, 2.05) is 13.8 Å². The largest absolute Gasteiger partial charge is 0.466 e. The van der Waals surface area contributed by atoms with Crippen molar-refractivity contribution in [2.24, 2.45) is 5.92 Å². The number of benzene rings is 1. The zero-order valence-corrected chi connectivity index (χ0v) is 16.6. The Bertz CT molecular complexity index is 823. The molecule has 1 fully saturated rings. The second-order valence-corrected chi connectivity index (χ2v) is 7.57. The van der Waals surface area contributed by atoms with E-state index in [0.717, 1.165) is 56.1 Å². The van der Waals surface area contributed by atoms with E-state index >= 15 is 0 Å². The number of halogens is 3. The van der Waals surface area contributed by atoms with Crippen LogP contribution in [0.3, 0.4) is 0 Å². The van der Waals surface area contributed by atoms with Gasteiger partial charge in [-0.2, -0.15) is 13.2 Å². The Labute approximate surface area is 168 Å². The fraction of sp³-hybridized carbons (Fsp3) is 0.476. The number of hydrogen-bond donors (Lipinski definition) is 2. The van der Waals surface area contributed by atoms with Gasteiger partial charge in [0.1, 0.15) is 11.5 Å². The van der Waals surface area contributed by atoms with E-state index in [1.54, 1.807) is 0 Å². The molecule has 1 saturated heterocycles. The van der Waals surface area contributed by atoms with Crippen LogP contribution in [-0.2, 0) is 12.7 Å². The van der Waals surface area contributed by atoms with Crippen molar-refractivity contribution in [1.29, 1.82) is 0 Å². The maximum absolute atomic E-state index is 12.6. The first-order valence-corrected chi connectivity index (χ1v) is 9.71. The number of nitrogens with one attached hydrogen (secondary N) is 2. The van der Waals surface area contributed by atoms with Crippen molar-refractivity contribution < 1.29 is 22.4 Å². The van der Waals surface area contributed by atoms with E-state index in [2.05, 4.69) is 21.6 Å². The molecule has 2 N–H and O–H groups in total. The molecule has 0 unspecified atom stereocenters. The number of carbonyl (C=O) groups is 1. The van der Waals surface area contributed by atoms with Crippen LogP contribution >= 0.6 is 0 Å². The highest BCUT2D eigenvalue weighted by Gasteiger charge is 2.30. The van der Waals surface area contributed by atoms with E-state index in [1.165, 1.54) is 17.7 Å². The van der Waals surface area contributed by atoms with Crippen LogP contribution in [0, 0.1) is 19.8 Å². The lowest BCUT2D eigenvalue weighted by molar-refractivity contribution is -0.137. The summed E-state index contributed by atoms with van der Waals surface area (Å²) >= 11 is 0. The number of nitrogens with zero attached hydrogens (tertiary/aromatic N) is 1. The van der Waals surface area contributed by atoms with Gasteiger partial charge in [0, 0.05) is 24.3 Å². The number of carbonyl (C=O) groups excluding carboxylic acids is 1. The molecule has 1 aromatic carbocycles. The first-order valence-electron chi connectivity index (χ1n) is 9.71. The number of aryl methyl sites for hydroxylation is 2. The molecule has 0 atom stereocenters. The average molecular weight is 409 g/mol. The monoisotopic (exact) mass is 409 g/mol. The third-order valence-electron chi connectivity index (χ3n) is 5.27. The minimum atomic E-state index is -4.38. The van der Waals surface area contributed by atoms with Crippen LogP contribution < -0.4 is 10.6 Å². The Kier molecular flexibility index (Phi) is 6.52. The molecule has 2 heterocycles. The first kappa shape index (κ1) is 21.2. The highest BCUT2D eigenvalue weighted by molar-refractivity contribution is 5.89. The molecule has 1 aliphatic heterocycles. The van der Waals surface area contributed by atoms with Crippen molar-refractivity contribution in [2.75, 3.05) is 25.0 Å². The van der Waals surface area contributed by atoms with Gasteiger partial charge in [-0.1, -0.05) is 0 Å². The molecule has 29 heavy (non-hydrogen) atoms. The fourth-order valence-corrected chi connectivity index (χ4v) is 3.58. The lowest BCUT2D eigenvalue weighted by Gasteiger charge is -2.31. The lowest BCUT2D eigenvalue weighted by atomic mass is 9.96. The number of urea groups is 1. The van der Waals surface area contributed by atoms with Crippen LogP contribution in [0.1, 0.15) is 35.5 Å². The number of alkyl halides is 3. The summed E-state index contributed by atoms with van der Waals surface area (Å²) in [7, 11) is 0. The molecule has 1 aromatic heterocycles. The Morgan fingerprint density at radius 3 is 2.38 bits per heavy atom. The van der Waals surface area contributed by atoms with Crippen LogP contribution in [0.25, 0.3) is 0 Å². The van der Waals surface area contributed by atoms with Gasteiger partial charge in [0.05, 0.1) is 5.56 Å². The minimum absolute atomic E-state index is 0.330. The standard InChI is InChI=1S/C21H26F3N3O2/c1-14-11-17(15(2)29-14)13-27-9-7-16(8-10-27)12-25-20(28)26-19-5-3-18(4-6-19)21(22,23)24/h3-6,11,16H,7-10,12-13H2,1-2H3,(H2,25,26,28). The number of likely N-dealkylation sites (tertiary alicyclic amines) is 1. The molecular weight excluding hydrogens is 383 g/mol. The fourth-order valence-electron chi connectivity index (χ4n) is 3.58. The molecule has 8 heteroatoms. The number of hydrogen-bond acceptors (Lipinski definition) is 3. The van der Waals surface area contributed by atoms with Gasteiger partial charge >= 0.3 is 12.2 Å². The van der Waals surface area contributed by atoms with Gasteiger partial charge in [-0.05, 0) is 76.0 Å². The summed E-state index contributed by atoms with van der Waals surface area (Å²) in [6.07, 6.45) is -2.42. The van der Waals surface area contributed by atoms with Crippen LogP contribution in [0.5, 0.6) is 0 Å². The van der Waals surface area contributed by atoms with Gasteiger partial charge in [-0.25, -0.2) is 4.79 Å². The number of rotatable bonds is 5. The van der Waals surface area contributed by atoms with E-state index in [4.69, 9.17) is 4.42 Å². The van der Waals surface area contributed by atoms with Gasteiger partial charge in [-0.3, -0.25) is 4.90 Å². The van der Waals surface area contributed by atoms with Crippen LogP contribution in [0.4, 0.5) is 23.7 Å². The minimum Gasteiger partial charge on any atom is -0.466 e. The van der Waals surface area contributed by atoms with Crippen LogP contribution in [-0.4, -0.2) is 30.6 Å². The Balaban J connectivity index is 1.38. The maximum atomic E-state index is 12.6. The lowest BCUT2D eigenvalue weighted by Crippen LogP contribution is -2.39. The maximum Gasteiger partial charge on any atom is 0.416 e. The predicted octanol–water partition coefficient (Wildman–Crippen LogP) is 4.95. The van der Waals surface area contributed by atoms with Gasteiger partial charge < -0.3 is 15.1 Å². The van der Waals surface area contributed by atoms with Gasteiger partial charge in [0.2, 0.25) is 0 Å². The summed E-state index contributed by atoms with van der Waals surface area (Å²) in [5, 5.41) is 5.39. The summed E-state index contributed by atoms with van der Waals surface area (Å²) in [6.45, 7) is 7.26. The van der Waals surface area contributed by atoms with Gasteiger partial charge in [-0.15, -0.1) is 0 Å². The van der Waals surface area contributed by atoms with Crippen molar-refractivity contribution in [1.82, 2.24) is 10.2 Å². The predicted molar refractivity (Wildman–Crippen MR) is 105 cm³/mol. The van der Waals surface area contributed by atoms with Crippen molar-refractivity contribution in [3.63, 3.8) is 0 Å². The molecule has 158 valence electrons. The Hall–Kier alpha value is -2.48. The summed E-state index contributed by atoms with van der Waals surface area (Å²) in [5.74, 6) is 2.28. The van der Waals surface area contributed by atoms with E-state index in [9.17, 15) is 18.0 Å². The molecule has 0 saturated carbocycles. The number of piperidine rings is 1. The SMILES string of the molecule is Cc1cc(CN2CCC(CNC(=O)Nc3ccc(C(F)(F)F)cc3)CC2)c(C)o1. The normalized spacial score (nSPS) is 16.0. The smallest absolute Gasteiger partial charge is 0.416 e. The molecule has 0 spiro atoms. The summed E-state index contributed by atoms with van der Waals surface area (Å²) in [4.78, 5) is 14.4. The molecule has 0 radical (unpaired) electrons. The topological polar surface area (TPSA) is 57.5 Å². The second kappa shape index (κ2) is 8.90. The van der Waals surface area contributed by atoms with Crippen molar-refractivity contribution in [3.05, 3.63) is 53.0 Å². The molecule has 0 bridgehead atoms. The third kappa shape index (κ3) is 6.00. The number of amides is 2. The summed E-state index contributed by atoms with van der Waals surface area (Å²) < 4.78 is 43.3. The Morgan fingerprint density at radius 2 is 1.83 bits per heavy atom. The van der Waals surface area contributed by atoms with Gasteiger partial charge in [0.15, 0.2) is 0 Å². The van der Waals surface area contributed by atoms with E-state index in [0.29, 0.717) is 18.2 Å². The van der Waals surface area contributed by atoms with Crippen molar-refractivity contribution in [3.8, 4) is 0 Å². The highest BCUT2D eigenvalue weighted by atomic mass is 19.4. The molecule has 0 aliphatic carbocycles. The number of anilines is 1. The van der Waals surface area contributed by atoms with Crippen LogP contribution in [0.2, 0.25) is 0 Å². The average Bonchev–Trinajstić information content (AvgIpc) is 2.98. The van der Waals surface area contributed by atoms with Crippen molar-refractivity contribution >= 4 is 11.7 Å². The van der Waals surface area contributed by atoms with Gasteiger partial charge in [0.25, 0.3) is 0 Å². The molecule has 5 nitrogen and oxygen atoms in total. The van der Waals surface area contributed by atoms with E-state index in [-0.39, 0.29) is 0 Å². The zero-order valence-electron chi connectivity index (χ0n) is 16.6. The zero-order chi connectivity index (χ0) is 21.0. The Morgan fingerprint density at radius 1 is 1.17 bits per heavy atom. The molecule has 1 aliphatic rings. The first-order chi connectivity index (χ1) is 13.7. The quantitative estimate of drug-likeness (QED) is 0.735. The number of furan rings is 1. The van der Waals surface area contributed by atoms with Crippen molar-refractivity contribution in [2.45, 2.75) is 39.4 Å². The molecule has 2 amide bonds. The molecule has 2 aromatic rings. The van der Waals surface area contributed by atoms with E-state index < -0.39 is 17.8 Å². The molecular formula is C21H26F3N3O2. The summed E-state index contributed by atoms with van der Waals surface area (Å²) in [6, 6.07) is 6.08.